The van der Waals surface area contributed by atoms with E-state index < -0.39 is 9.84 Å². The van der Waals surface area contributed by atoms with Gasteiger partial charge in [0.25, 0.3) is 0 Å². The molecule has 0 aromatic heterocycles. The molecule has 0 aliphatic heterocycles. The standard InChI is InChI=1S/C8H7ClO3S.Na.H/c1-13(11,12)8-3-2-6(5-10)4-7(8)9;;/h2-5H,1H3;;. The Bertz CT molecular complexity index is 442. The van der Waals surface area contributed by atoms with Crippen molar-refractivity contribution in [3.05, 3.63) is 28.8 Å². The van der Waals surface area contributed by atoms with Gasteiger partial charge in [-0.25, -0.2) is 8.42 Å². The molecule has 1 rings (SSSR count). The Labute approximate surface area is 110 Å². The molecule has 0 fully saturated rings. The molecule has 0 amide bonds. The number of benzene rings is 1. The number of sulfone groups is 1. The molecule has 0 saturated carbocycles. The summed E-state index contributed by atoms with van der Waals surface area (Å²) in [6, 6.07) is 4.06. The number of halogens is 1. The summed E-state index contributed by atoms with van der Waals surface area (Å²) < 4.78 is 22.2. The van der Waals surface area contributed by atoms with Crippen LogP contribution in [0.5, 0.6) is 0 Å². The van der Waals surface area contributed by atoms with Crippen LogP contribution in [0.25, 0.3) is 0 Å². The van der Waals surface area contributed by atoms with Crippen LogP contribution in [0.4, 0.5) is 0 Å². The van der Waals surface area contributed by atoms with E-state index in [1.165, 1.54) is 18.2 Å². The topological polar surface area (TPSA) is 51.2 Å². The van der Waals surface area contributed by atoms with Crippen molar-refractivity contribution in [1.29, 1.82) is 0 Å². The van der Waals surface area contributed by atoms with Crippen molar-refractivity contribution in [2.24, 2.45) is 0 Å². The third-order valence-electron chi connectivity index (χ3n) is 1.49. The molecule has 3 nitrogen and oxygen atoms in total. The molecule has 6 heteroatoms. The van der Waals surface area contributed by atoms with Crippen molar-refractivity contribution in [1.82, 2.24) is 0 Å². The van der Waals surface area contributed by atoms with Gasteiger partial charge < -0.3 is 0 Å². The van der Waals surface area contributed by atoms with E-state index in [0.29, 0.717) is 11.8 Å². The second-order valence-electron chi connectivity index (χ2n) is 2.58. The molecule has 1 aromatic rings. The predicted octanol–water partition coefficient (Wildman–Crippen LogP) is 0.907. The summed E-state index contributed by atoms with van der Waals surface area (Å²) in [7, 11) is -3.31. The van der Waals surface area contributed by atoms with E-state index >= 15 is 0 Å². The number of carbonyl (C=O) groups is 1. The molecule has 0 heterocycles. The van der Waals surface area contributed by atoms with Gasteiger partial charge in [0.2, 0.25) is 0 Å². The van der Waals surface area contributed by atoms with Crippen LogP contribution in [0.1, 0.15) is 10.4 Å². The second-order valence-corrected chi connectivity index (χ2v) is 4.97. The average Bonchev–Trinajstić information content (AvgIpc) is 2.01. The van der Waals surface area contributed by atoms with Gasteiger partial charge in [0.05, 0.1) is 9.92 Å². The van der Waals surface area contributed by atoms with Gasteiger partial charge in [0, 0.05) is 11.8 Å². The molecule has 0 N–H and O–H groups in total. The molecular weight excluding hydrogens is 235 g/mol. The number of aldehydes is 1. The van der Waals surface area contributed by atoms with Crippen LogP contribution in [0.3, 0.4) is 0 Å². The Hall–Kier alpha value is 0.130. The fraction of sp³-hybridized carbons (Fsp3) is 0.125. The van der Waals surface area contributed by atoms with Crippen LogP contribution in [0.2, 0.25) is 5.02 Å². The second kappa shape index (κ2) is 5.28. The first-order chi connectivity index (χ1) is 5.95. The summed E-state index contributed by atoms with van der Waals surface area (Å²) in [4.78, 5) is 10.4. The van der Waals surface area contributed by atoms with E-state index in [2.05, 4.69) is 0 Å². The van der Waals surface area contributed by atoms with E-state index in [-0.39, 0.29) is 39.5 Å². The molecular formula is C8H8ClNaO3S. The Morgan fingerprint density at radius 2 is 1.93 bits per heavy atom. The van der Waals surface area contributed by atoms with Gasteiger partial charge in [-0.1, -0.05) is 17.7 Å². The molecule has 14 heavy (non-hydrogen) atoms. The van der Waals surface area contributed by atoms with Crippen molar-refractivity contribution >= 4 is 57.3 Å². The number of hydrogen-bond donors (Lipinski definition) is 0. The van der Waals surface area contributed by atoms with Crippen molar-refractivity contribution in [2.75, 3.05) is 6.26 Å². The van der Waals surface area contributed by atoms with Crippen LogP contribution in [0.15, 0.2) is 23.1 Å². The Morgan fingerprint density at radius 1 is 1.36 bits per heavy atom. The molecule has 1 aromatic carbocycles. The van der Waals surface area contributed by atoms with Gasteiger partial charge in [0.15, 0.2) is 9.84 Å². The number of rotatable bonds is 2. The van der Waals surface area contributed by atoms with E-state index in [1.54, 1.807) is 0 Å². The average molecular weight is 243 g/mol. The first-order valence-electron chi connectivity index (χ1n) is 3.40. The van der Waals surface area contributed by atoms with Crippen LogP contribution < -0.4 is 0 Å². The minimum absolute atomic E-state index is 0. The number of carbonyl (C=O) groups excluding carboxylic acids is 1. The zero-order valence-corrected chi connectivity index (χ0v) is 8.39. The first-order valence-corrected chi connectivity index (χ1v) is 5.67. The normalized spacial score (nSPS) is 10.4. The van der Waals surface area contributed by atoms with Crippen molar-refractivity contribution in [2.45, 2.75) is 4.90 Å². The quantitative estimate of drug-likeness (QED) is 0.572. The Morgan fingerprint density at radius 3 is 2.29 bits per heavy atom. The maximum absolute atomic E-state index is 11.1. The fourth-order valence-electron chi connectivity index (χ4n) is 0.891. The van der Waals surface area contributed by atoms with Crippen molar-refractivity contribution in [3.8, 4) is 0 Å². The third kappa shape index (κ3) is 3.37. The Balaban J connectivity index is 0.00000169. The summed E-state index contributed by atoms with van der Waals surface area (Å²) in [5.74, 6) is 0. The van der Waals surface area contributed by atoms with Gasteiger partial charge >= 0.3 is 29.6 Å². The molecule has 0 saturated heterocycles. The molecule has 0 unspecified atom stereocenters. The van der Waals surface area contributed by atoms with Crippen LogP contribution in [0, 0.1) is 0 Å². The van der Waals surface area contributed by atoms with Crippen LogP contribution >= 0.6 is 11.6 Å². The molecule has 0 aliphatic rings. The van der Waals surface area contributed by atoms with E-state index in [0.717, 1.165) is 6.26 Å². The first kappa shape index (κ1) is 14.1. The summed E-state index contributed by atoms with van der Waals surface area (Å²) in [5, 5.41) is 0.0760. The molecule has 0 bridgehead atoms. The predicted molar refractivity (Wildman–Crippen MR) is 57.1 cm³/mol. The summed E-state index contributed by atoms with van der Waals surface area (Å²) >= 11 is 5.65. The zero-order chi connectivity index (χ0) is 10.1. The summed E-state index contributed by atoms with van der Waals surface area (Å²) in [6.07, 6.45) is 1.67. The van der Waals surface area contributed by atoms with Crippen LogP contribution in [-0.4, -0.2) is 50.5 Å². The molecule has 0 spiro atoms. The van der Waals surface area contributed by atoms with Gasteiger partial charge in [-0.15, -0.1) is 0 Å². The van der Waals surface area contributed by atoms with E-state index in [4.69, 9.17) is 11.6 Å². The van der Waals surface area contributed by atoms with Crippen molar-refractivity contribution in [3.63, 3.8) is 0 Å². The van der Waals surface area contributed by atoms with Gasteiger partial charge in [0.1, 0.15) is 6.29 Å². The molecule has 0 aliphatic carbocycles. The van der Waals surface area contributed by atoms with Gasteiger partial charge in [-0.05, 0) is 12.1 Å². The summed E-state index contributed by atoms with van der Waals surface area (Å²) in [5.41, 5.74) is 0.359. The van der Waals surface area contributed by atoms with E-state index in [1.807, 2.05) is 0 Å². The fourth-order valence-corrected chi connectivity index (χ4v) is 2.23. The monoisotopic (exact) mass is 242 g/mol. The van der Waals surface area contributed by atoms with Crippen LogP contribution in [-0.2, 0) is 9.84 Å². The molecule has 0 atom stereocenters. The zero-order valence-electron chi connectivity index (χ0n) is 6.82. The SMILES string of the molecule is CS(=O)(=O)c1ccc(C=O)cc1Cl.[NaH]. The van der Waals surface area contributed by atoms with Gasteiger partial charge in [-0.3, -0.25) is 4.79 Å². The summed E-state index contributed by atoms with van der Waals surface area (Å²) in [6.45, 7) is 0. The van der Waals surface area contributed by atoms with Gasteiger partial charge in [-0.2, -0.15) is 0 Å². The minimum atomic E-state index is -3.31. The maximum atomic E-state index is 11.1. The Kier molecular flexibility index (Phi) is 5.33. The number of hydrogen-bond acceptors (Lipinski definition) is 3. The molecule has 72 valence electrons. The van der Waals surface area contributed by atoms with Crippen molar-refractivity contribution < 1.29 is 13.2 Å². The van der Waals surface area contributed by atoms with E-state index in [9.17, 15) is 13.2 Å². The third-order valence-corrected chi connectivity index (χ3v) is 3.07. The molecule has 0 radical (unpaired) electrons.